The third kappa shape index (κ3) is 3.45. The van der Waals surface area contributed by atoms with Gasteiger partial charge in [0.1, 0.15) is 5.16 Å². The average molecular weight is 346 g/mol. The fourth-order valence-electron chi connectivity index (χ4n) is 4.31. The summed E-state index contributed by atoms with van der Waals surface area (Å²) in [5, 5.41) is 0.207. The summed E-state index contributed by atoms with van der Waals surface area (Å²) in [6.45, 7) is 18.7. The van der Waals surface area contributed by atoms with E-state index in [1.54, 1.807) is 0 Å². The first-order valence-corrected chi connectivity index (χ1v) is 10.6. The summed E-state index contributed by atoms with van der Waals surface area (Å²) in [5.74, 6) is 0. The molecule has 3 aliphatic rings. The van der Waals surface area contributed by atoms with Gasteiger partial charge in [-0.3, -0.25) is 0 Å². The molecule has 0 aromatic rings. The van der Waals surface area contributed by atoms with E-state index in [4.69, 9.17) is 14.2 Å². The van der Waals surface area contributed by atoms with Gasteiger partial charge in [0.25, 0.3) is 0 Å². The van der Waals surface area contributed by atoms with Crippen LogP contribution in [0.1, 0.15) is 20.8 Å². The molecular formula is C16H33N3O3P+. The van der Waals surface area contributed by atoms with Crippen LogP contribution >= 0.6 is 7.71 Å². The van der Waals surface area contributed by atoms with Gasteiger partial charge in [0.15, 0.2) is 0 Å². The van der Waals surface area contributed by atoms with Gasteiger partial charge < -0.3 is 14.2 Å². The third-order valence-corrected chi connectivity index (χ3v) is 10.4. The molecule has 3 saturated heterocycles. The molecule has 0 radical (unpaired) electrons. The van der Waals surface area contributed by atoms with E-state index >= 15 is 0 Å². The van der Waals surface area contributed by atoms with E-state index in [-0.39, 0.29) is 5.16 Å². The van der Waals surface area contributed by atoms with Crippen molar-refractivity contribution >= 4 is 7.71 Å². The Kier molecular flexibility index (Phi) is 5.95. The van der Waals surface area contributed by atoms with Crippen molar-refractivity contribution in [3.8, 4) is 0 Å². The van der Waals surface area contributed by atoms with Gasteiger partial charge >= 0.3 is 0 Å². The first-order valence-electron chi connectivity index (χ1n) is 8.95. The smallest absolute Gasteiger partial charge is 0.233 e. The first kappa shape index (κ1) is 18.0. The maximum Gasteiger partial charge on any atom is 0.233 e. The van der Waals surface area contributed by atoms with Crippen LogP contribution in [-0.4, -0.2) is 98.1 Å². The third-order valence-electron chi connectivity index (χ3n) is 5.05. The summed E-state index contributed by atoms with van der Waals surface area (Å²) < 4.78 is 25.3. The molecule has 0 N–H and O–H groups in total. The van der Waals surface area contributed by atoms with Crippen molar-refractivity contribution in [1.82, 2.24) is 14.0 Å². The van der Waals surface area contributed by atoms with E-state index in [0.717, 1.165) is 78.9 Å². The summed E-state index contributed by atoms with van der Waals surface area (Å²) >= 11 is 0. The molecular weight excluding hydrogens is 313 g/mol. The normalized spacial score (nSPS) is 27.3. The predicted molar refractivity (Wildman–Crippen MR) is 93.8 cm³/mol. The van der Waals surface area contributed by atoms with Gasteiger partial charge in [0, 0.05) is 0 Å². The van der Waals surface area contributed by atoms with Crippen molar-refractivity contribution in [2.75, 3.05) is 78.9 Å². The van der Waals surface area contributed by atoms with E-state index < -0.39 is 7.71 Å². The van der Waals surface area contributed by atoms with Crippen molar-refractivity contribution in [3.63, 3.8) is 0 Å². The lowest BCUT2D eigenvalue weighted by atomic mass is 10.3. The molecule has 0 saturated carbocycles. The Morgan fingerprint density at radius 2 is 0.826 bits per heavy atom. The molecule has 6 nitrogen and oxygen atoms in total. The van der Waals surface area contributed by atoms with Gasteiger partial charge in [-0.25, -0.2) is 0 Å². The zero-order valence-corrected chi connectivity index (χ0v) is 15.9. The summed E-state index contributed by atoms with van der Waals surface area (Å²) in [4.78, 5) is 0. The molecule has 3 rings (SSSR count). The van der Waals surface area contributed by atoms with E-state index in [0.29, 0.717) is 0 Å². The van der Waals surface area contributed by atoms with Gasteiger partial charge in [-0.1, -0.05) is 0 Å². The lowest BCUT2D eigenvalue weighted by Gasteiger charge is -2.55. The number of hydrogen-bond donors (Lipinski definition) is 0. The zero-order valence-electron chi connectivity index (χ0n) is 15.0. The maximum absolute atomic E-state index is 5.67. The van der Waals surface area contributed by atoms with Crippen LogP contribution in [0.25, 0.3) is 0 Å². The highest BCUT2D eigenvalue weighted by Crippen LogP contribution is 2.75. The summed E-state index contributed by atoms with van der Waals surface area (Å²) in [6.07, 6.45) is 0. The van der Waals surface area contributed by atoms with Crippen molar-refractivity contribution in [1.29, 1.82) is 0 Å². The Bertz CT molecular complexity index is 328. The van der Waals surface area contributed by atoms with Crippen LogP contribution in [0.2, 0.25) is 0 Å². The molecule has 7 heteroatoms. The standard InChI is InChI=1S/C16H33N3O3P/c1-16(2,3)23(17-4-10-20-11-5-17,18-6-12-21-13-7-18)19-8-14-22-15-9-19/h4-15H2,1-3H3/q+1. The van der Waals surface area contributed by atoms with E-state index in [2.05, 4.69) is 34.8 Å². The van der Waals surface area contributed by atoms with E-state index in [1.165, 1.54) is 0 Å². The lowest BCUT2D eigenvalue weighted by molar-refractivity contribution is 0.0320. The first-order chi connectivity index (χ1) is 11.1. The Morgan fingerprint density at radius 1 is 0.565 bits per heavy atom. The van der Waals surface area contributed by atoms with E-state index in [1.807, 2.05) is 0 Å². The van der Waals surface area contributed by atoms with Gasteiger partial charge in [-0.05, 0) is 20.8 Å². The number of ether oxygens (including phenoxy) is 3. The Hall–Kier alpha value is 0.190. The Morgan fingerprint density at radius 3 is 1.04 bits per heavy atom. The van der Waals surface area contributed by atoms with Crippen LogP contribution in [0.3, 0.4) is 0 Å². The van der Waals surface area contributed by atoms with Crippen LogP contribution in [-0.2, 0) is 14.2 Å². The highest BCUT2D eigenvalue weighted by atomic mass is 31.2. The molecule has 3 heterocycles. The summed E-state index contributed by atoms with van der Waals surface area (Å²) in [5.41, 5.74) is 0. The number of hydrogen-bond acceptors (Lipinski definition) is 6. The Balaban J connectivity index is 1.99. The molecule has 0 aliphatic carbocycles. The van der Waals surface area contributed by atoms with Crippen LogP contribution < -0.4 is 0 Å². The average Bonchev–Trinajstić information content (AvgIpc) is 2.57. The predicted octanol–water partition coefficient (Wildman–Crippen LogP) is 1.54. The largest absolute Gasteiger partial charge is 0.378 e. The second-order valence-corrected chi connectivity index (χ2v) is 11.6. The molecule has 0 bridgehead atoms. The Labute approximate surface area is 141 Å². The van der Waals surface area contributed by atoms with Crippen molar-refractivity contribution in [2.24, 2.45) is 0 Å². The van der Waals surface area contributed by atoms with Crippen molar-refractivity contribution < 1.29 is 14.2 Å². The molecule has 0 aromatic heterocycles. The van der Waals surface area contributed by atoms with Gasteiger partial charge in [0.05, 0.1) is 78.9 Å². The summed E-state index contributed by atoms with van der Waals surface area (Å²) in [7, 11) is -1.65. The van der Waals surface area contributed by atoms with Gasteiger partial charge in [0.2, 0.25) is 7.71 Å². The zero-order chi connectivity index (χ0) is 16.3. The fraction of sp³-hybridized carbons (Fsp3) is 1.00. The van der Waals surface area contributed by atoms with Crippen molar-refractivity contribution in [3.05, 3.63) is 0 Å². The second kappa shape index (κ2) is 7.61. The van der Waals surface area contributed by atoms with Gasteiger partial charge in [-0.15, -0.1) is 14.0 Å². The molecule has 0 atom stereocenters. The molecule has 23 heavy (non-hydrogen) atoms. The molecule has 0 spiro atoms. The second-order valence-electron chi connectivity index (χ2n) is 7.44. The molecule has 0 amide bonds. The molecule has 3 fully saturated rings. The fourth-order valence-corrected chi connectivity index (χ4v) is 10.1. The highest BCUT2D eigenvalue weighted by molar-refractivity contribution is 7.70. The topological polar surface area (TPSA) is 37.4 Å². The maximum atomic E-state index is 5.67. The van der Waals surface area contributed by atoms with Crippen LogP contribution in [0.4, 0.5) is 0 Å². The monoisotopic (exact) mass is 346 g/mol. The molecule has 0 unspecified atom stereocenters. The quantitative estimate of drug-likeness (QED) is 0.722. The number of rotatable bonds is 3. The highest BCUT2D eigenvalue weighted by Gasteiger charge is 2.64. The van der Waals surface area contributed by atoms with Gasteiger partial charge in [-0.2, -0.15) is 0 Å². The molecule has 0 aromatic carbocycles. The SMILES string of the molecule is CC(C)(C)[P+](N1CCOCC1)(N1CCOCC1)N1CCOCC1. The summed E-state index contributed by atoms with van der Waals surface area (Å²) in [6, 6.07) is 0. The molecule has 3 aliphatic heterocycles. The van der Waals surface area contributed by atoms with Crippen LogP contribution in [0, 0.1) is 0 Å². The van der Waals surface area contributed by atoms with Crippen LogP contribution in [0.15, 0.2) is 0 Å². The molecule has 134 valence electrons. The lowest BCUT2D eigenvalue weighted by Crippen LogP contribution is -2.58. The minimum absolute atomic E-state index is 0.207. The van der Waals surface area contributed by atoms with Crippen LogP contribution in [0.5, 0.6) is 0 Å². The number of morpholine rings is 3. The minimum atomic E-state index is -1.65. The van der Waals surface area contributed by atoms with E-state index in [9.17, 15) is 0 Å². The minimum Gasteiger partial charge on any atom is -0.378 e. The number of nitrogens with zero attached hydrogens (tertiary/aromatic N) is 3. The van der Waals surface area contributed by atoms with Crippen molar-refractivity contribution in [2.45, 2.75) is 25.9 Å².